The van der Waals surface area contributed by atoms with E-state index in [4.69, 9.17) is 0 Å². The standard InChI is InChI=1S/C21H14FNO2S/c1-12-18(21(24)25)20-17(10-11-26-20)23-19(12)14-8-6-13(7-9-14)15-4-2-3-5-16(15)22/h2-11H,1H3,(H,24,25). The molecule has 0 atom stereocenters. The second-order valence-electron chi connectivity index (χ2n) is 5.96. The van der Waals surface area contributed by atoms with Crippen LogP contribution < -0.4 is 0 Å². The number of nitrogens with zero attached hydrogens (tertiary/aromatic N) is 1. The molecule has 0 saturated carbocycles. The number of hydrogen-bond donors (Lipinski definition) is 1. The summed E-state index contributed by atoms with van der Waals surface area (Å²) in [6.07, 6.45) is 0. The topological polar surface area (TPSA) is 50.2 Å². The fraction of sp³-hybridized carbons (Fsp3) is 0.0476. The zero-order valence-electron chi connectivity index (χ0n) is 13.9. The highest BCUT2D eigenvalue weighted by Gasteiger charge is 2.19. The van der Waals surface area contributed by atoms with Gasteiger partial charge in [-0.05, 0) is 35.6 Å². The molecule has 0 aliphatic heterocycles. The van der Waals surface area contributed by atoms with Gasteiger partial charge < -0.3 is 5.11 Å². The molecule has 0 unspecified atom stereocenters. The average Bonchev–Trinajstić information content (AvgIpc) is 3.09. The molecular formula is C21H14FNO2S. The summed E-state index contributed by atoms with van der Waals surface area (Å²) in [4.78, 5) is 16.4. The second kappa shape index (κ2) is 6.35. The number of carbonyl (C=O) groups is 1. The van der Waals surface area contributed by atoms with Gasteiger partial charge in [0.05, 0.1) is 21.5 Å². The number of fused-ring (bicyclic) bond motifs is 1. The van der Waals surface area contributed by atoms with Crippen molar-refractivity contribution in [1.29, 1.82) is 0 Å². The third-order valence-corrected chi connectivity index (χ3v) is 5.31. The number of hydrogen-bond acceptors (Lipinski definition) is 3. The SMILES string of the molecule is Cc1c(-c2ccc(-c3ccccc3F)cc2)nc2ccsc2c1C(=O)O. The van der Waals surface area contributed by atoms with Crippen LogP contribution in [0.2, 0.25) is 0 Å². The Morgan fingerprint density at radius 1 is 1.04 bits per heavy atom. The molecule has 4 rings (SSSR count). The van der Waals surface area contributed by atoms with E-state index >= 15 is 0 Å². The molecule has 0 aliphatic carbocycles. The predicted octanol–water partition coefficient (Wildman–Crippen LogP) is 5.78. The molecule has 2 aromatic heterocycles. The van der Waals surface area contributed by atoms with E-state index < -0.39 is 5.97 Å². The summed E-state index contributed by atoms with van der Waals surface area (Å²) in [5, 5.41) is 11.5. The molecular weight excluding hydrogens is 349 g/mol. The van der Waals surface area contributed by atoms with E-state index in [2.05, 4.69) is 4.98 Å². The Morgan fingerprint density at radius 2 is 1.73 bits per heavy atom. The van der Waals surface area contributed by atoms with Crippen LogP contribution in [0.4, 0.5) is 4.39 Å². The lowest BCUT2D eigenvalue weighted by Gasteiger charge is -2.11. The maximum absolute atomic E-state index is 14.0. The average molecular weight is 363 g/mol. The maximum Gasteiger partial charge on any atom is 0.337 e. The number of rotatable bonds is 3. The zero-order valence-corrected chi connectivity index (χ0v) is 14.7. The van der Waals surface area contributed by atoms with Gasteiger partial charge in [0.25, 0.3) is 0 Å². The highest BCUT2D eigenvalue weighted by Crippen LogP contribution is 2.33. The van der Waals surface area contributed by atoms with Gasteiger partial charge in [-0.1, -0.05) is 42.5 Å². The first-order chi connectivity index (χ1) is 12.6. The quantitative estimate of drug-likeness (QED) is 0.502. The van der Waals surface area contributed by atoms with Gasteiger partial charge in [0.2, 0.25) is 0 Å². The molecule has 26 heavy (non-hydrogen) atoms. The summed E-state index contributed by atoms with van der Waals surface area (Å²) in [5.74, 6) is -1.23. The van der Waals surface area contributed by atoms with Crippen molar-refractivity contribution in [1.82, 2.24) is 4.98 Å². The van der Waals surface area contributed by atoms with Gasteiger partial charge in [0, 0.05) is 11.1 Å². The summed E-state index contributed by atoms with van der Waals surface area (Å²) in [5.41, 5.74) is 4.32. The lowest BCUT2D eigenvalue weighted by atomic mass is 9.98. The minimum absolute atomic E-state index is 0.276. The fourth-order valence-electron chi connectivity index (χ4n) is 3.11. The van der Waals surface area contributed by atoms with E-state index in [1.807, 2.05) is 35.7 Å². The predicted molar refractivity (Wildman–Crippen MR) is 102 cm³/mol. The normalized spacial score (nSPS) is 11.0. The van der Waals surface area contributed by atoms with Crippen LogP contribution in [0.5, 0.6) is 0 Å². The Labute approximate surface area is 153 Å². The van der Waals surface area contributed by atoms with Gasteiger partial charge in [-0.2, -0.15) is 0 Å². The van der Waals surface area contributed by atoms with Crippen LogP contribution in [-0.2, 0) is 0 Å². The van der Waals surface area contributed by atoms with Crippen LogP contribution >= 0.6 is 11.3 Å². The number of carboxylic acids is 1. The largest absolute Gasteiger partial charge is 0.478 e. The fourth-order valence-corrected chi connectivity index (χ4v) is 4.04. The lowest BCUT2D eigenvalue weighted by Crippen LogP contribution is -2.03. The van der Waals surface area contributed by atoms with Crippen LogP contribution in [0.1, 0.15) is 15.9 Å². The smallest absolute Gasteiger partial charge is 0.337 e. The molecule has 4 aromatic rings. The Hall–Kier alpha value is -3.05. The maximum atomic E-state index is 14.0. The van der Waals surface area contributed by atoms with E-state index in [1.54, 1.807) is 25.1 Å². The van der Waals surface area contributed by atoms with Crippen LogP contribution in [0.3, 0.4) is 0 Å². The Morgan fingerprint density at radius 3 is 2.42 bits per heavy atom. The van der Waals surface area contributed by atoms with Crippen molar-refractivity contribution in [2.75, 3.05) is 0 Å². The molecule has 2 heterocycles. The van der Waals surface area contributed by atoms with Crippen LogP contribution in [0, 0.1) is 12.7 Å². The molecule has 0 bridgehead atoms. The number of aromatic carboxylic acids is 1. The number of halogens is 1. The molecule has 2 aromatic carbocycles. The molecule has 0 saturated heterocycles. The molecule has 0 radical (unpaired) electrons. The van der Waals surface area contributed by atoms with Crippen molar-refractivity contribution in [2.24, 2.45) is 0 Å². The van der Waals surface area contributed by atoms with Crippen molar-refractivity contribution in [3.8, 4) is 22.4 Å². The molecule has 128 valence electrons. The van der Waals surface area contributed by atoms with E-state index in [9.17, 15) is 14.3 Å². The first-order valence-corrected chi connectivity index (χ1v) is 8.90. The van der Waals surface area contributed by atoms with Crippen molar-refractivity contribution in [2.45, 2.75) is 6.92 Å². The van der Waals surface area contributed by atoms with Crippen molar-refractivity contribution < 1.29 is 14.3 Å². The van der Waals surface area contributed by atoms with Crippen molar-refractivity contribution in [3.05, 3.63) is 76.9 Å². The Bertz CT molecular complexity index is 1130. The second-order valence-corrected chi connectivity index (χ2v) is 6.87. The highest BCUT2D eigenvalue weighted by atomic mass is 32.1. The molecule has 0 fully saturated rings. The van der Waals surface area contributed by atoms with Crippen molar-refractivity contribution >= 4 is 27.5 Å². The molecule has 0 amide bonds. The Balaban J connectivity index is 1.85. The first-order valence-electron chi connectivity index (χ1n) is 8.02. The summed E-state index contributed by atoms with van der Waals surface area (Å²) in [6, 6.07) is 15.8. The lowest BCUT2D eigenvalue weighted by molar-refractivity contribution is 0.0698. The number of carboxylic acid groups (broad SMARTS) is 1. The highest BCUT2D eigenvalue weighted by molar-refractivity contribution is 7.17. The van der Waals surface area contributed by atoms with E-state index in [0.717, 1.165) is 11.1 Å². The van der Waals surface area contributed by atoms with E-state index in [0.29, 0.717) is 27.0 Å². The van der Waals surface area contributed by atoms with Gasteiger partial charge in [0.15, 0.2) is 0 Å². The summed E-state index contributed by atoms with van der Waals surface area (Å²) >= 11 is 1.38. The molecule has 5 heteroatoms. The van der Waals surface area contributed by atoms with Crippen molar-refractivity contribution in [3.63, 3.8) is 0 Å². The van der Waals surface area contributed by atoms with Gasteiger partial charge >= 0.3 is 5.97 Å². The number of thiophene rings is 1. The third-order valence-electron chi connectivity index (χ3n) is 4.39. The number of pyridine rings is 1. The van der Waals surface area contributed by atoms with Gasteiger partial charge in [-0.25, -0.2) is 14.2 Å². The van der Waals surface area contributed by atoms with E-state index in [1.165, 1.54) is 17.4 Å². The molecule has 3 nitrogen and oxygen atoms in total. The van der Waals surface area contributed by atoms with Gasteiger partial charge in [0.1, 0.15) is 5.82 Å². The summed E-state index contributed by atoms with van der Waals surface area (Å²) < 4.78 is 14.6. The zero-order chi connectivity index (χ0) is 18.3. The van der Waals surface area contributed by atoms with Gasteiger partial charge in [-0.15, -0.1) is 11.3 Å². The monoisotopic (exact) mass is 363 g/mol. The third kappa shape index (κ3) is 2.66. The molecule has 0 aliphatic rings. The first kappa shape index (κ1) is 16.4. The summed E-state index contributed by atoms with van der Waals surface area (Å²) in [7, 11) is 0. The Kier molecular flexibility index (Phi) is 4.01. The van der Waals surface area contributed by atoms with Crippen LogP contribution in [-0.4, -0.2) is 16.1 Å². The van der Waals surface area contributed by atoms with E-state index in [-0.39, 0.29) is 11.4 Å². The number of benzene rings is 2. The van der Waals surface area contributed by atoms with Crippen LogP contribution in [0.15, 0.2) is 60.0 Å². The minimum Gasteiger partial charge on any atom is -0.478 e. The molecule has 1 N–H and O–H groups in total. The summed E-state index contributed by atoms with van der Waals surface area (Å²) in [6.45, 7) is 1.77. The number of aromatic nitrogens is 1. The van der Waals surface area contributed by atoms with Gasteiger partial charge in [-0.3, -0.25) is 0 Å². The minimum atomic E-state index is -0.957. The molecule has 0 spiro atoms. The van der Waals surface area contributed by atoms with Crippen LogP contribution in [0.25, 0.3) is 32.6 Å².